The molecule has 0 saturated carbocycles. The second kappa shape index (κ2) is 6.85. The van der Waals surface area contributed by atoms with Gasteiger partial charge in [-0.2, -0.15) is 0 Å². The van der Waals surface area contributed by atoms with Crippen molar-refractivity contribution in [2.45, 2.75) is 13.8 Å². The van der Waals surface area contributed by atoms with E-state index in [0.29, 0.717) is 18.1 Å². The fourth-order valence-electron chi connectivity index (χ4n) is 2.02. The van der Waals surface area contributed by atoms with E-state index in [1.165, 1.54) is 19.3 Å². The fraction of sp³-hybridized carbons (Fsp3) is 0.235. The van der Waals surface area contributed by atoms with Crippen LogP contribution < -0.4 is 9.47 Å². The lowest BCUT2D eigenvalue weighted by molar-refractivity contribution is 0.104. The zero-order valence-corrected chi connectivity index (χ0v) is 12.8. The smallest absolute Gasteiger partial charge is 0.193 e. The van der Waals surface area contributed by atoms with Crippen LogP contribution in [0.5, 0.6) is 17.2 Å². The van der Waals surface area contributed by atoms with Crippen LogP contribution in [-0.2, 0) is 0 Å². The maximum absolute atomic E-state index is 12.3. The number of phenolic OH excluding ortho intramolecular Hbond substituents is 1. The van der Waals surface area contributed by atoms with Crippen LogP contribution in [0.3, 0.4) is 0 Å². The van der Waals surface area contributed by atoms with Crippen LogP contribution in [0, 0.1) is 6.92 Å². The highest BCUT2D eigenvalue weighted by molar-refractivity contribution is 6.10. The Labute approximate surface area is 128 Å². The Morgan fingerprint density at radius 2 is 2.14 bits per heavy atom. The highest BCUT2D eigenvalue weighted by atomic mass is 16.5. The third-order valence-electron chi connectivity index (χ3n) is 2.99. The lowest BCUT2D eigenvalue weighted by Crippen LogP contribution is -2.01. The van der Waals surface area contributed by atoms with E-state index < -0.39 is 0 Å². The van der Waals surface area contributed by atoms with Crippen LogP contribution in [-0.4, -0.2) is 24.6 Å². The molecule has 0 saturated heterocycles. The van der Waals surface area contributed by atoms with Crippen LogP contribution in [0.15, 0.2) is 34.8 Å². The number of methoxy groups -OCH3 is 1. The first-order valence-corrected chi connectivity index (χ1v) is 6.87. The molecule has 2 rings (SSSR count). The number of hydrogen-bond acceptors (Lipinski definition) is 5. The molecule has 0 bridgehead atoms. The lowest BCUT2D eigenvalue weighted by atomic mass is 10.1. The molecule has 0 aliphatic rings. The first kappa shape index (κ1) is 15.7. The Morgan fingerprint density at radius 3 is 2.73 bits per heavy atom. The van der Waals surface area contributed by atoms with Crippen molar-refractivity contribution in [2.75, 3.05) is 13.7 Å². The van der Waals surface area contributed by atoms with Gasteiger partial charge in [-0.1, -0.05) is 0 Å². The van der Waals surface area contributed by atoms with E-state index in [1.807, 2.05) is 13.8 Å². The number of furan rings is 1. The summed E-state index contributed by atoms with van der Waals surface area (Å²) in [5.41, 5.74) is 0.0884. The molecule has 22 heavy (non-hydrogen) atoms. The number of aryl methyl sites for hydroxylation is 1. The number of benzene rings is 1. The summed E-state index contributed by atoms with van der Waals surface area (Å²) in [5, 5.41) is 10.1. The van der Waals surface area contributed by atoms with E-state index >= 15 is 0 Å². The van der Waals surface area contributed by atoms with Gasteiger partial charge < -0.3 is 19.0 Å². The molecule has 0 spiro atoms. The third-order valence-corrected chi connectivity index (χ3v) is 2.99. The van der Waals surface area contributed by atoms with Gasteiger partial charge in [-0.05, 0) is 38.1 Å². The van der Waals surface area contributed by atoms with Gasteiger partial charge in [-0.3, -0.25) is 4.79 Å². The molecular weight excluding hydrogens is 284 g/mol. The average molecular weight is 302 g/mol. The van der Waals surface area contributed by atoms with Crippen LogP contribution in [0.2, 0.25) is 0 Å². The summed E-state index contributed by atoms with van der Waals surface area (Å²) < 4.78 is 15.8. The topological polar surface area (TPSA) is 68.9 Å². The molecule has 0 unspecified atom stereocenters. The molecular formula is C17H18O5. The molecule has 2 aromatic rings. The Bertz CT molecular complexity index is 697. The van der Waals surface area contributed by atoms with Crippen molar-refractivity contribution in [3.8, 4) is 17.2 Å². The Kier molecular flexibility index (Phi) is 4.88. The molecule has 116 valence electrons. The monoisotopic (exact) mass is 302 g/mol. The molecule has 5 heteroatoms. The predicted octanol–water partition coefficient (Wildman–Crippen LogP) is 3.60. The summed E-state index contributed by atoms with van der Waals surface area (Å²) in [4.78, 5) is 12.3. The molecule has 0 atom stereocenters. The summed E-state index contributed by atoms with van der Waals surface area (Å²) in [6, 6.07) is 6.53. The minimum absolute atomic E-state index is 0.0884. The Hall–Kier alpha value is -2.69. The number of ether oxygens (including phenoxy) is 2. The molecule has 1 aromatic carbocycles. The second-order valence-electron chi connectivity index (χ2n) is 4.60. The Balaban J connectivity index is 2.30. The van der Waals surface area contributed by atoms with Gasteiger partial charge in [-0.15, -0.1) is 0 Å². The minimum Gasteiger partial charge on any atom is -0.507 e. The molecule has 0 aliphatic carbocycles. The van der Waals surface area contributed by atoms with Crippen molar-refractivity contribution >= 4 is 11.9 Å². The van der Waals surface area contributed by atoms with Crippen LogP contribution in [0.25, 0.3) is 6.08 Å². The molecule has 1 heterocycles. The molecule has 1 N–H and O–H groups in total. The normalized spacial score (nSPS) is 10.9. The van der Waals surface area contributed by atoms with Gasteiger partial charge in [0.15, 0.2) is 5.78 Å². The Morgan fingerprint density at radius 1 is 1.36 bits per heavy atom. The standard InChI is InChI=1S/C17H18O5/c1-4-21-13-9-15(19)17(16(10-13)20-3)14(18)8-7-12-6-5-11(2)22-12/h5-10,19H,4H2,1-3H3/b8-7+. The number of allylic oxidation sites excluding steroid dienone is 1. The summed E-state index contributed by atoms with van der Waals surface area (Å²) in [6.07, 6.45) is 2.88. The first-order chi connectivity index (χ1) is 10.5. The van der Waals surface area contributed by atoms with Crippen molar-refractivity contribution < 1.29 is 23.8 Å². The summed E-state index contributed by atoms with van der Waals surface area (Å²) in [6.45, 7) is 4.10. The van der Waals surface area contributed by atoms with Gasteiger partial charge in [0, 0.05) is 12.1 Å². The number of carbonyl (C=O) groups is 1. The molecule has 0 amide bonds. The predicted molar refractivity (Wildman–Crippen MR) is 82.6 cm³/mol. The van der Waals surface area contributed by atoms with E-state index in [9.17, 15) is 9.90 Å². The first-order valence-electron chi connectivity index (χ1n) is 6.87. The van der Waals surface area contributed by atoms with E-state index in [-0.39, 0.29) is 22.8 Å². The molecule has 0 aliphatic heterocycles. The summed E-state index contributed by atoms with van der Waals surface area (Å²) in [5.74, 6) is 1.45. The van der Waals surface area contributed by atoms with Gasteiger partial charge >= 0.3 is 0 Å². The van der Waals surface area contributed by atoms with Gasteiger partial charge in [-0.25, -0.2) is 0 Å². The number of aromatic hydroxyl groups is 1. The van der Waals surface area contributed by atoms with E-state index in [4.69, 9.17) is 13.9 Å². The van der Waals surface area contributed by atoms with E-state index in [2.05, 4.69) is 0 Å². The van der Waals surface area contributed by atoms with Crippen LogP contribution >= 0.6 is 0 Å². The summed E-state index contributed by atoms with van der Waals surface area (Å²) in [7, 11) is 1.43. The van der Waals surface area contributed by atoms with Crippen molar-refractivity contribution in [2.24, 2.45) is 0 Å². The number of rotatable bonds is 6. The van der Waals surface area contributed by atoms with Gasteiger partial charge in [0.25, 0.3) is 0 Å². The fourth-order valence-corrected chi connectivity index (χ4v) is 2.02. The highest BCUT2D eigenvalue weighted by Gasteiger charge is 2.17. The number of ketones is 1. The zero-order valence-electron chi connectivity index (χ0n) is 12.8. The SMILES string of the molecule is CCOc1cc(O)c(C(=O)/C=C/c2ccc(C)o2)c(OC)c1. The van der Waals surface area contributed by atoms with Crippen molar-refractivity contribution in [3.05, 3.63) is 47.4 Å². The average Bonchev–Trinajstić information content (AvgIpc) is 2.90. The highest BCUT2D eigenvalue weighted by Crippen LogP contribution is 2.34. The minimum atomic E-state index is -0.383. The number of phenols is 1. The quantitative estimate of drug-likeness (QED) is 0.652. The molecule has 0 fully saturated rings. The van der Waals surface area contributed by atoms with Gasteiger partial charge in [0.1, 0.15) is 34.3 Å². The van der Waals surface area contributed by atoms with Crippen LogP contribution in [0.1, 0.15) is 28.8 Å². The van der Waals surface area contributed by atoms with Crippen molar-refractivity contribution in [3.63, 3.8) is 0 Å². The molecule has 1 aromatic heterocycles. The number of hydrogen-bond donors (Lipinski definition) is 1. The largest absolute Gasteiger partial charge is 0.507 e. The second-order valence-corrected chi connectivity index (χ2v) is 4.60. The van der Waals surface area contributed by atoms with Crippen molar-refractivity contribution in [1.29, 1.82) is 0 Å². The zero-order chi connectivity index (χ0) is 16.1. The van der Waals surface area contributed by atoms with Gasteiger partial charge in [0.05, 0.1) is 13.7 Å². The maximum atomic E-state index is 12.3. The molecule has 5 nitrogen and oxygen atoms in total. The van der Waals surface area contributed by atoms with Crippen LogP contribution in [0.4, 0.5) is 0 Å². The lowest BCUT2D eigenvalue weighted by Gasteiger charge is -2.11. The van der Waals surface area contributed by atoms with E-state index in [1.54, 1.807) is 24.3 Å². The van der Waals surface area contributed by atoms with Crippen molar-refractivity contribution in [1.82, 2.24) is 0 Å². The summed E-state index contributed by atoms with van der Waals surface area (Å²) >= 11 is 0. The van der Waals surface area contributed by atoms with E-state index in [0.717, 1.165) is 5.76 Å². The van der Waals surface area contributed by atoms with Gasteiger partial charge in [0.2, 0.25) is 0 Å². The third kappa shape index (κ3) is 3.49. The maximum Gasteiger partial charge on any atom is 0.193 e. The molecule has 0 radical (unpaired) electrons. The number of carbonyl (C=O) groups excluding carboxylic acids is 1.